The number of rotatable bonds is 9. The van der Waals surface area contributed by atoms with Crippen molar-refractivity contribution in [3.8, 4) is 0 Å². The molecule has 30 heavy (non-hydrogen) atoms. The molecule has 0 aliphatic carbocycles. The van der Waals surface area contributed by atoms with E-state index < -0.39 is 0 Å². The Hall–Kier alpha value is -2.51. The Bertz CT molecular complexity index is 968. The van der Waals surface area contributed by atoms with E-state index >= 15 is 0 Å². The average molecular weight is 445 g/mol. The zero-order valence-corrected chi connectivity index (χ0v) is 18.8. The third kappa shape index (κ3) is 5.77. The minimum atomic E-state index is -0.304. The maximum atomic E-state index is 13.3. The maximum absolute atomic E-state index is 13.3. The van der Waals surface area contributed by atoms with Crippen LogP contribution in [-0.2, 0) is 17.9 Å². The Morgan fingerprint density at radius 1 is 0.967 bits per heavy atom. The van der Waals surface area contributed by atoms with E-state index in [1.165, 1.54) is 23.5 Å². The van der Waals surface area contributed by atoms with Gasteiger partial charge in [-0.25, -0.2) is 4.39 Å². The molecule has 2 heterocycles. The van der Waals surface area contributed by atoms with Crippen LogP contribution in [0.3, 0.4) is 0 Å². The van der Waals surface area contributed by atoms with Crippen LogP contribution < -0.4 is 0 Å². The van der Waals surface area contributed by atoms with E-state index in [9.17, 15) is 14.0 Å². The molecule has 0 fully saturated rings. The fourth-order valence-corrected chi connectivity index (χ4v) is 4.74. The lowest BCUT2D eigenvalue weighted by molar-refractivity contribution is -0.133. The monoisotopic (exact) mass is 444 g/mol. The van der Waals surface area contributed by atoms with E-state index in [4.69, 9.17) is 0 Å². The highest BCUT2D eigenvalue weighted by Crippen LogP contribution is 2.20. The lowest BCUT2D eigenvalue weighted by Gasteiger charge is -2.27. The van der Waals surface area contributed by atoms with Gasteiger partial charge in [0, 0.05) is 18.0 Å². The number of carbonyl (C=O) groups is 2. The first-order valence-corrected chi connectivity index (χ1v) is 11.6. The van der Waals surface area contributed by atoms with Crippen LogP contribution in [0.2, 0.25) is 0 Å². The molecule has 0 bridgehead atoms. The SMILES string of the molecule is CCCN(CC(=O)N(Cc1ccc(F)cc1)Cc1sccc1C)C(=O)c1cccs1. The molecule has 3 aromatic rings. The highest BCUT2D eigenvalue weighted by Gasteiger charge is 2.23. The standard InChI is InChI=1S/C23H25FN2O2S2/c1-3-11-25(23(28)20-5-4-12-29-20)16-22(27)26(15-21-17(2)10-13-30-21)14-18-6-8-19(24)9-7-18/h4-10,12-13H,3,11,14-16H2,1-2H3. The summed E-state index contributed by atoms with van der Waals surface area (Å²) in [6.45, 7) is 5.39. The Labute approximate surface area is 184 Å². The largest absolute Gasteiger partial charge is 0.332 e. The van der Waals surface area contributed by atoms with Crippen molar-refractivity contribution < 1.29 is 14.0 Å². The van der Waals surface area contributed by atoms with Crippen molar-refractivity contribution in [3.05, 3.63) is 79.9 Å². The molecule has 0 N–H and O–H groups in total. The van der Waals surface area contributed by atoms with E-state index in [2.05, 4.69) is 0 Å². The van der Waals surface area contributed by atoms with E-state index in [-0.39, 0.29) is 24.2 Å². The predicted octanol–water partition coefficient (Wildman–Crippen LogP) is 5.34. The van der Waals surface area contributed by atoms with Crippen molar-refractivity contribution >= 4 is 34.5 Å². The van der Waals surface area contributed by atoms with Gasteiger partial charge in [-0.1, -0.05) is 25.1 Å². The molecular weight excluding hydrogens is 419 g/mol. The van der Waals surface area contributed by atoms with Crippen LogP contribution in [0.1, 0.15) is 39.0 Å². The summed E-state index contributed by atoms with van der Waals surface area (Å²) in [5.41, 5.74) is 1.99. The van der Waals surface area contributed by atoms with Gasteiger partial charge in [-0.3, -0.25) is 9.59 Å². The third-order valence-corrected chi connectivity index (χ3v) is 6.65. The molecule has 0 atom stereocenters. The Balaban J connectivity index is 1.79. The summed E-state index contributed by atoms with van der Waals surface area (Å²) in [7, 11) is 0. The summed E-state index contributed by atoms with van der Waals surface area (Å²) in [6, 6.07) is 11.8. The topological polar surface area (TPSA) is 40.6 Å². The minimum absolute atomic E-state index is 0.0240. The van der Waals surface area contributed by atoms with Crippen molar-refractivity contribution in [1.82, 2.24) is 9.80 Å². The Kier molecular flexibility index (Phi) is 7.76. The number of hydrogen-bond acceptors (Lipinski definition) is 4. The predicted molar refractivity (Wildman–Crippen MR) is 120 cm³/mol. The zero-order chi connectivity index (χ0) is 21.5. The van der Waals surface area contributed by atoms with Gasteiger partial charge in [0.1, 0.15) is 12.4 Å². The molecule has 0 aliphatic heterocycles. The van der Waals surface area contributed by atoms with Crippen LogP contribution in [0.5, 0.6) is 0 Å². The third-order valence-electron chi connectivity index (χ3n) is 4.78. The number of halogens is 1. The number of nitrogens with zero attached hydrogens (tertiary/aromatic N) is 2. The number of hydrogen-bond donors (Lipinski definition) is 0. The first-order chi connectivity index (χ1) is 14.5. The minimum Gasteiger partial charge on any atom is -0.332 e. The van der Waals surface area contributed by atoms with Gasteiger partial charge in [0.05, 0.1) is 11.4 Å². The van der Waals surface area contributed by atoms with Crippen LogP contribution in [0.25, 0.3) is 0 Å². The second-order valence-corrected chi connectivity index (χ2v) is 9.06. The average Bonchev–Trinajstić information content (AvgIpc) is 3.40. The van der Waals surface area contributed by atoms with Gasteiger partial charge in [0.2, 0.25) is 5.91 Å². The molecule has 158 valence electrons. The first-order valence-electron chi connectivity index (χ1n) is 9.86. The van der Waals surface area contributed by atoms with E-state index in [1.807, 2.05) is 36.7 Å². The molecule has 0 aliphatic rings. The van der Waals surface area contributed by atoms with Gasteiger partial charge in [-0.2, -0.15) is 0 Å². The quantitative estimate of drug-likeness (QED) is 0.447. The van der Waals surface area contributed by atoms with Crippen molar-refractivity contribution in [3.63, 3.8) is 0 Å². The Morgan fingerprint density at radius 2 is 1.73 bits per heavy atom. The molecule has 4 nitrogen and oxygen atoms in total. The molecule has 1 aromatic carbocycles. The second kappa shape index (κ2) is 10.5. The van der Waals surface area contributed by atoms with Crippen LogP contribution in [0.15, 0.2) is 53.2 Å². The molecule has 0 unspecified atom stereocenters. The molecule has 0 spiro atoms. The lowest BCUT2D eigenvalue weighted by Crippen LogP contribution is -2.42. The van der Waals surface area contributed by atoms with Crippen LogP contribution in [0, 0.1) is 12.7 Å². The highest BCUT2D eigenvalue weighted by molar-refractivity contribution is 7.12. The molecule has 0 saturated carbocycles. The number of thiophene rings is 2. The fraction of sp³-hybridized carbons (Fsp3) is 0.304. The van der Waals surface area contributed by atoms with Crippen molar-refractivity contribution in [2.75, 3.05) is 13.1 Å². The number of carbonyl (C=O) groups excluding carboxylic acids is 2. The van der Waals surface area contributed by atoms with Crippen molar-refractivity contribution in [2.24, 2.45) is 0 Å². The maximum Gasteiger partial charge on any atom is 0.264 e. The van der Waals surface area contributed by atoms with Gasteiger partial charge in [0.25, 0.3) is 5.91 Å². The molecule has 3 rings (SSSR count). The van der Waals surface area contributed by atoms with E-state index in [1.54, 1.807) is 39.3 Å². The van der Waals surface area contributed by atoms with Crippen LogP contribution in [0.4, 0.5) is 4.39 Å². The summed E-state index contributed by atoms with van der Waals surface area (Å²) in [4.78, 5) is 31.2. The molecule has 2 aromatic heterocycles. The van der Waals surface area contributed by atoms with Gasteiger partial charge in [0.15, 0.2) is 0 Å². The van der Waals surface area contributed by atoms with E-state index in [0.29, 0.717) is 24.5 Å². The molecule has 7 heteroatoms. The molecule has 0 saturated heterocycles. The Morgan fingerprint density at radius 3 is 2.33 bits per heavy atom. The van der Waals surface area contributed by atoms with Gasteiger partial charge >= 0.3 is 0 Å². The first kappa shape index (κ1) is 22.2. The molecule has 0 radical (unpaired) electrons. The summed E-state index contributed by atoms with van der Waals surface area (Å²) in [5, 5.41) is 3.87. The number of aryl methyl sites for hydroxylation is 1. The fourth-order valence-electron chi connectivity index (χ4n) is 3.12. The van der Waals surface area contributed by atoms with Crippen LogP contribution in [-0.4, -0.2) is 34.7 Å². The second-order valence-electron chi connectivity index (χ2n) is 7.11. The molecular formula is C23H25FN2O2S2. The van der Waals surface area contributed by atoms with Gasteiger partial charge in [-0.05, 0) is 59.5 Å². The highest BCUT2D eigenvalue weighted by atomic mass is 32.1. The lowest BCUT2D eigenvalue weighted by atomic mass is 10.2. The number of benzene rings is 1. The van der Waals surface area contributed by atoms with Crippen molar-refractivity contribution in [1.29, 1.82) is 0 Å². The number of amides is 2. The summed E-state index contributed by atoms with van der Waals surface area (Å²) >= 11 is 2.99. The van der Waals surface area contributed by atoms with E-state index in [0.717, 1.165) is 22.4 Å². The smallest absolute Gasteiger partial charge is 0.264 e. The van der Waals surface area contributed by atoms with Crippen molar-refractivity contribution in [2.45, 2.75) is 33.4 Å². The van der Waals surface area contributed by atoms with Crippen LogP contribution >= 0.6 is 22.7 Å². The summed E-state index contributed by atoms with van der Waals surface area (Å²) in [6.07, 6.45) is 0.770. The zero-order valence-electron chi connectivity index (χ0n) is 17.1. The van der Waals surface area contributed by atoms with Gasteiger partial charge in [-0.15, -0.1) is 22.7 Å². The summed E-state index contributed by atoms with van der Waals surface area (Å²) < 4.78 is 13.3. The summed E-state index contributed by atoms with van der Waals surface area (Å²) in [5.74, 6) is -0.541. The normalized spacial score (nSPS) is 10.8. The van der Waals surface area contributed by atoms with Gasteiger partial charge < -0.3 is 9.80 Å². The molecule has 2 amide bonds.